The molecule has 0 heterocycles. The van der Waals surface area contributed by atoms with Crippen LogP contribution in [-0.2, 0) is 10.8 Å². The van der Waals surface area contributed by atoms with Crippen molar-refractivity contribution in [2.75, 3.05) is 11.5 Å². The van der Waals surface area contributed by atoms with Crippen LogP contribution in [0.15, 0.2) is 23.1 Å². The lowest BCUT2D eigenvalue weighted by Gasteiger charge is -2.11. The summed E-state index contributed by atoms with van der Waals surface area (Å²) in [7, 11) is -0.972. The van der Waals surface area contributed by atoms with Crippen molar-refractivity contribution in [3.8, 4) is 0 Å². The summed E-state index contributed by atoms with van der Waals surface area (Å²) in [6.45, 7) is 4.25. The van der Waals surface area contributed by atoms with Crippen molar-refractivity contribution in [3.05, 3.63) is 23.2 Å². The Balaban J connectivity index is 2.76. The SMILES string of the molecule is CCC(CC)CS(=O)c1ccc(N)c(Cl)c1. The van der Waals surface area contributed by atoms with Gasteiger partial charge in [0.2, 0.25) is 0 Å². The Morgan fingerprint density at radius 1 is 1.38 bits per heavy atom. The van der Waals surface area contributed by atoms with Gasteiger partial charge in [0.1, 0.15) is 0 Å². The largest absolute Gasteiger partial charge is 0.398 e. The highest BCUT2D eigenvalue weighted by Crippen LogP contribution is 2.23. The number of nitrogens with two attached hydrogens (primary N) is 1. The fraction of sp³-hybridized carbons (Fsp3) is 0.500. The highest BCUT2D eigenvalue weighted by atomic mass is 35.5. The van der Waals surface area contributed by atoms with E-state index < -0.39 is 10.8 Å². The zero-order chi connectivity index (χ0) is 12.1. The maximum Gasteiger partial charge on any atom is 0.0647 e. The molecule has 1 unspecified atom stereocenters. The van der Waals surface area contributed by atoms with Crippen molar-refractivity contribution in [3.63, 3.8) is 0 Å². The molecule has 1 aromatic rings. The summed E-state index contributed by atoms with van der Waals surface area (Å²) in [5.41, 5.74) is 6.14. The first kappa shape index (κ1) is 13.5. The van der Waals surface area contributed by atoms with E-state index in [-0.39, 0.29) is 0 Å². The molecule has 1 aromatic carbocycles. The van der Waals surface area contributed by atoms with Crippen molar-refractivity contribution < 1.29 is 4.21 Å². The second-order valence-corrected chi connectivity index (χ2v) is 5.78. The molecule has 0 saturated heterocycles. The van der Waals surface area contributed by atoms with Crippen LogP contribution < -0.4 is 5.73 Å². The maximum absolute atomic E-state index is 12.0. The molecule has 2 N–H and O–H groups in total. The van der Waals surface area contributed by atoms with Crippen molar-refractivity contribution in [2.24, 2.45) is 5.92 Å². The molecule has 0 bridgehead atoms. The van der Waals surface area contributed by atoms with Crippen LogP contribution in [0.2, 0.25) is 5.02 Å². The van der Waals surface area contributed by atoms with Crippen LogP contribution in [0, 0.1) is 5.92 Å². The molecule has 90 valence electrons. The Morgan fingerprint density at radius 2 is 2.00 bits per heavy atom. The second-order valence-electron chi connectivity index (χ2n) is 3.88. The van der Waals surface area contributed by atoms with Crippen LogP contribution in [0.1, 0.15) is 26.7 Å². The quantitative estimate of drug-likeness (QED) is 0.823. The number of rotatable bonds is 5. The summed E-state index contributed by atoms with van der Waals surface area (Å²) in [6.07, 6.45) is 2.12. The number of hydrogen-bond acceptors (Lipinski definition) is 2. The van der Waals surface area contributed by atoms with E-state index in [4.69, 9.17) is 17.3 Å². The van der Waals surface area contributed by atoms with Gasteiger partial charge in [0.15, 0.2) is 0 Å². The molecular weight excluding hydrogens is 242 g/mol. The molecular formula is C12H18ClNOS. The minimum absolute atomic E-state index is 0.482. The number of nitrogen functional groups attached to an aromatic ring is 1. The number of anilines is 1. The summed E-state index contributed by atoms with van der Waals surface area (Å²) in [5, 5.41) is 0.482. The fourth-order valence-corrected chi connectivity index (χ4v) is 3.29. The van der Waals surface area contributed by atoms with Crippen molar-refractivity contribution >= 4 is 28.1 Å². The third-order valence-electron chi connectivity index (χ3n) is 2.78. The molecule has 0 spiro atoms. The Morgan fingerprint density at radius 3 is 2.50 bits per heavy atom. The van der Waals surface area contributed by atoms with E-state index in [2.05, 4.69) is 13.8 Å². The Hall–Kier alpha value is -0.540. The summed E-state index contributed by atoms with van der Waals surface area (Å²) in [6, 6.07) is 5.21. The van der Waals surface area contributed by atoms with Gasteiger partial charge >= 0.3 is 0 Å². The van der Waals surface area contributed by atoms with E-state index in [0.717, 1.165) is 17.7 Å². The normalized spacial score (nSPS) is 13.0. The zero-order valence-electron chi connectivity index (χ0n) is 9.70. The summed E-state index contributed by atoms with van der Waals surface area (Å²) < 4.78 is 12.0. The number of hydrogen-bond donors (Lipinski definition) is 1. The molecule has 0 aliphatic heterocycles. The van der Waals surface area contributed by atoms with Gasteiger partial charge in [-0.1, -0.05) is 38.3 Å². The molecule has 0 aliphatic rings. The van der Waals surface area contributed by atoms with Crippen LogP contribution >= 0.6 is 11.6 Å². The van der Waals surface area contributed by atoms with Crippen LogP contribution in [0.3, 0.4) is 0 Å². The average Bonchev–Trinajstić information content (AvgIpc) is 2.29. The number of benzene rings is 1. The van der Waals surface area contributed by atoms with E-state index in [0.29, 0.717) is 22.4 Å². The Bertz CT molecular complexity index is 377. The van der Waals surface area contributed by atoms with Gasteiger partial charge in [-0.25, -0.2) is 0 Å². The summed E-state index contributed by atoms with van der Waals surface area (Å²) in [5.74, 6) is 1.21. The van der Waals surface area contributed by atoms with E-state index >= 15 is 0 Å². The molecule has 16 heavy (non-hydrogen) atoms. The topological polar surface area (TPSA) is 43.1 Å². The molecule has 0 saturated carbocycles. The molecule has 0 fully saturated rings. The molecule has 0 aliphatic carbocycles. The first-order valence-corrected chi connectivity index (χ1v) is 7.21. The summed E-state index contributed by atoms with van der Waals surface area (Å²) in [4.78, 5) is 0.770. The van der Waals surface area contributed by atoms with Gasteiger partial charge in [-0.05, 0) is 24.1 Å². The zero-order valence-corrected chi connectivity index (χ0v) is 11.3. The van der Waals surface area contributed by atoms with Gasteiger partial charge in [-0.2, -0.15) is 0 Å². The minimum atomic E-state index is -0.972. The van der Waals surface area contributed by atoms with Gasteiger partial charge in [0.25, 0.3) is 0 Å². The molecule has 1 atom stereocenters. The first-order valence-electron chi connectivity index (χ1n) is 5.51. The molecule has 2 nitrogen and oxygen atoms in total. The van der Waals surface area contributed by atoms with Crippen molar-refractivity contribution in [1.82, 2.24) is 0 Å². The third kappa shape index (κ3) is 3.49. The molecule has 0 aromatic heterocycles. The van der Waals surface area contributed by atoms with Crippen LogP contribution in [0.25, 0.3) is 0 Å². The summed E-state index contributed by atoms with van der Waals surface area (Å²) >= 11 is 5.90. The van der Waals surface area contributed by atoms with E-state index in [1.165, 1.54) is 0 Å². The highest BCUT2D eigenvalue weighted by molar-refractivity contribution is 7.85. The standard InChI is InChI=1S/C12H18ClNOS/c1-3-9(4-2)8-16(15)10-5-6-12(14)11(13)7-10/h5-7,9H,3-4,8,14H2,1-2H3. The molecule has 1 rings (SSSR count). The number of halogens is 1. The van der Waals surface area contributed by atoms with Crippen LogP contribution in [0.5, 0.6) is 0 Å². The van der Waals surface area contributed by atoms with E-state index in [1.807, 2.05) is 0 Å². The minimum Gasteiger partial charge on any atom is -0.398 e. The lowest BCUT2D eigenvalue weighted by atomic mass is 10.1. The Kier molecular flexibility index (Phi) is 5.29. The van der Waals surface area contributed by atoms with Crippen LogP contribution in [0.4, 0.5) is 5.69 Å². The average molecular weight is 260 g/mol. The van der Waals surface area contributed by atoms with Gasteiger partial charge in [0, 0.05) is 10.6 Å². The lowest BCUT2D eigenvalue weighted by molar-refractivity contribution is 0.544. The van der Waals surface area contributed by atoms with Gasteiger partial charge in [-0.15, -0.1) is 0 Å². The second kappa shape index (κ2) is 6.26. The predicted molar refractivity (Wildman–Crippen MR) is 71.2 cm³/mol. The Labute approximate surface area is 105 Å². The smallest absolute Gasteiger partial charge is 0.0647 e. The monoisotopic (exact) mass is 259 g/mol. The fourth-order valence-electron chi connectivity index (χ4n) is 1.48. The predicted octanol–water partition coefficient (Wildman–Crippen LogP) is 3.47. The van der Waals surface area contributed by atoms with Gasteiger partial charge in [0.05, 0.1) is 21.5 Å². The third-order valence-corrected chi connectivity index (χ3v) is 4.66. The molecule has 4 heteroatoms. The van der Waals surface area contributed by atoms with Crippen LogP contribution in [-0.4, -0.2) is 9.96 Å². The van der Waals surface area contributed by atoms with Gasteiger partial charge < -0.3 is 5.73 Å². The maximum atomic E-state index is 12.0. The van der Waals surface area contributed by atoms with E-state index in [1.54, 1.807) is 18.2 Å². The van der Waals surface area contributed by atoms with Gasteiger partial charge in [-0.3, -0.25) is 4.21 Å². The molecule has 0 amide bonds. The lowest BCUT2D eigenvalue weighted by Crippen LogP contribution is -2.09. The highest BCUT2D eigenvalue weighted by Gasteiger charge is 2.11. The van der Waals surface area contributed by atoms with Crippen molar-refractivity contribution in [2.45, 2.75) is 31.6 Å². The van der Waals surface area contributed by atoms with Crippen molar-refractivity contribution in [1.29, 1.82) is 0 Å². The molecule has 0 radical (unpaired) electrons. The van der Waals surface area contributed by atoms with E-state index in [9.17, 15) is 4.21 Å². The first-order chi connectivity index (χ1) is 7.58.